The fraction of sp³-hybridized carbons (Fsp3) is 0.385. The number of aromatic nitrogens is 1. The second kappa shape index (κ2) is 9.27. The standard InChI is InChI=1S/C26H30N4O2/c1-32-14-13-30-16-21(18-7-3-2-4-8-18)24(17-30)29-26(31)28-23-15-20-9-5-6-10-22(20)27-25(23)19-11-12-19/h2-10,15,19,21,24H,11-14,16-17H2,1H3,(H2,28,29,31)/t21-,24+/m0/s1. The Hall–Kier alpha value is -2.96. The van der Waals surface area contributed by atoms with E-state index in [0.29, 0.717) is 12.5 Å². The van der Waals surface area contributed by atoms with Gasteiger partial charge in [-0.3, -0.25) is 9.88 Å². The summed E-state index contributed by atoms with van der Waals surface area (Å²) in [6.07, 6.45) is 2.27. The molecule has 166 valence electrons. The van der Waals surface area contributed by atoms with Gasteiger partial charge < -0.3 is 15.4 Å². The lowest BCUT2D eigenvalue weighted by atomic mass is 9.94. The molecule has 2 aromatic carbocycles. The molecule has 1 aliphatic heterocycles. The third kappa shape index (κ3) is 4.61. The van der Waals surface area contributed by atoms with Gasteiger partial charge in [0, 0.05) is 44.0 Å². The number of fused-ring (bicyclic) bond motifs is 1. The van der Waals surface area contributed by atoms with Crippen LogP contribution in [0.4, 0.5) is 10.5 Å². The van der Waals surface area contributed by atoms with Crippen LogP contribution in [0, 0.1) is 0 Å². The summed E-state index contributed by atoms with van der Waals surface area (Å²) in [4.78, 5) is 20.3. The molecule has 2 amide bonds. The third-order valence-corrected chi connectivity index (χ3v) is 6.52. The van der Waals surface area contributed by atoms with Gasteiger partial charge in [-0.25, -0.2) is 4.79 Å². The maximum Gasteiger partial charge on any atom is 0.319 e. The van der Waals surface area contributed by atoms with Crippen molar-refractivity contribution in [3.8, 4) is 0 Å². The van der Waals surface area contributed by atoms with Gasteiger partial charge in [-0.2, -0.15) is 0 Å². The van der Waals surface area contributed by atoms with Crippen molar-refractivity contribution in [3.05, 3.63) is 71.9 Å². The molecule has 2 aliphatic rings. The monoisotopic (exact) mass is 430 g/mol. The Morgan fingerprint density at radius 3 is 2.66 bits per heavy atom. The molecule has 1 aromatic heterocycles. The third-order valence-electron chi connectivity index (χ3n) is 6.52. The predicted octanol–water partition coefficient (Wildman–Crippen LogP) is 4.35. The maximum atomic E-state index is 13.1. The number of nitrogens with one attached hydrogen (secondary N) is 2. The van der Waals surface area contributed by atoms with Crippen molar-refractivity contribution in [2.24, 2.45) is 0 Å². The van der Waals surface area contributed by atoms with E-state index in [1.807, 2.05) is 30.3 Å². The van der Waals surface area contributed by atoms with Crippen molar-refractivity contribution in [2.45, 2.75) is 30.7 Å². The molecule has 6 heteroatoms. The zero-order chi connectivity index (χ0) is 21.9. The summed E-state index contributed by atoms with van der Waals surface area (Å²) in [7, 11) is 1.73. The van der Waals surface area contributed by atoms with Gasteiger partial charge in [0.15, 0.2) is 0 Å². The van der Waals surface area contributed by atoms with Crippen molar-refractivity contribution in [3.63, 3.8) is 0 Å². The number of amides is 2. The number of ether oxygens (including phenoxy) is 1. The van der Waals surface area contributed by atoms with Gasteiger partial charge in [0.1, 0.15) is 0 Å². The normalized spacial score (nSPS) is 21.0. The van der Waals surface area contributed by atoms with Crippen LogP contribution in [-0.4, -0.2) is 55.3 Å². The summed E-state index contributed by atoms with van der Waals surface area (Å²) in [5.74, 6) is 0.694. The molecule has 0 spiro atoms. The van der Waals surface area contributed by atoms with Crippen molar-refractivity contribution < 1.29 is 9.53 Å². The lowest BCUT2D eigenvalue weighted by Gasteiger charge is -2.21. The number of urea groups is 1. The van der Waals surface area contributed by atoms with Gasteiger partial charge in [0.2, 0.25) is 0 Å². The molecule has 0 radical (unpaired) electrons. The Kier molecular flexibility index (Phi) is 6.06. The highest BCUT2D eigenvalue weighted by atomic mass is 16.5. The van der Waals surface area contributed by atoms with Crippen molar-refractivity contribution in [2.75, 3.05) is 38.7 Å². The molecule has 2 atom stereocenters. The summed E-state index contributed by atoms with van der Waals surface area (Å²) in [6, 6.07) is 20.5. The molecule has 1 saturated carbocycles. The van der Waals surface area contributed by atoms with E-state index in [1.165, 1.54) is 5.56 Å². The van der Waals surface area contributed by atoms with E-state index < -0.39 is 0 Å². The molecule has 1 saturated heterocycles. The molecular formula is C26H30N4O2. The van der Waals surface area contributed by atoms with E-state index in [4.69, 9.17) is 9.72 Å². The highest BCUT2D eigenvalue weighted by molar-refractivity contribution is 5.93. The molecule has 32 heavy (non-hydrogen) atoms. The van der Waals surface area contributed by atoms with Crippen molar-refractivity contribution in [1.29, 1.82) is 0 Å². The van der Waals surface area contributed by atoms with Crippen LogP contribution in [0.1, 0.15) is 35.9 Å². The number of likely N-dealkylation sites (tertiary alicyclic amines) is 1. The van der Waals surface area contributed by atoms with Crippen LogP contribution in [0.5, 0.6) is 0 Å². The molecule has 3 aromatic rings. The summed E-state index contributed by atoms with van der Waals surface area (Å²) < 4.78 is 5.27. The van der Waals surface area contributed by atoms with E-state index in [0.717, 1.165) is 54.8 Å². The second-order valence-corrected chi connectivity index (χ2v) is 8.86. The first-order valence-corrected chi connectivity index (χ1v) is 11.4. The van der Waals surface area contributed by atoms with Gasteiger partial charge >= 0.3 is 6.03 Å². The van der Waals surface area contributed by atoms with E-state index in [9.17, 15) is 4.79 Å². The molecule has 2 heterocycles. The lowest BCUT2D eigenvalue weighted by Crippen LogP contribution is -2.42. The molecule has 0 bridgehead atoms. The predicted molar refractivity (Wildman–Crippen MR) is 127 cm³/mol. The number of methoxy groups -OCH3 is 1. The number of hydrogen-bond donors (Lipinski definition) is 2. The molecule has 1 aliphatic carbocycles. The molecule has 6 nitrogen and oxygen atoms in total. The van der Waals surface area contributed by atoms with Crippen LogP contribution in [0.15, 0.2) is 60.7 Å². The lowest BCUT2D eigenvalue weighted by molar-refractivity contribution is 0.159. The largest absolute Gasteiger partial charge is 0.383 e. The second-order valence-electron chi connectivity index (χ2n) is 8.86. The van der Waals surface area contributed by atoms with Gasteiger partial charge in [0.25, 0.3) is 0 Å². The average molecular weight is 431 g/mol. The van der Waals surface area contributed by atoms with Crippen LogP contribution in [0.3, 0.4) is 0 Å². The number of nitrogens with zero attached hydrogens (tertiary/aromatic N) is 2. The number of carbonyl (C=O) groups is 1. The Morgan fingerprint density at radius 1 is 1.09 bits per heavy atom. The minimum atomic E-state index is -0.163. The summed E-state index contributed by atoms with van der Waals surface area (Å²) in [5.41, 5.74) is 4.07. The number of anilines is 1. The minimum Gasteiger partial charge on any atom is -0.383 e. The highest BCUT2D eigenvalue weighted by Crippen LogP contribution is 2.43. The number of pyridine rings is 1. The SMILES string of the molecule is COCCN1C[C@@H](NC(=O)Nc2cc3ccccc3nc2C2CC2)[C@H](c2ccccc2)C1. The van der Waals surface area contributed by atoms with Crippen LogP contribution in [-0.2, 0) is 4.74 Å². The van der Waals surface area contributed by atoms with Crippen LogP contribution in [0.2, 0.25) is 0 Å². The van der Waals surface area contributed by atoms with Crippen LogP contribution < -0.4 is 10.6 Å². The molecular weight excluding hydrogens is 400 g/mol. The fourth-order valence-electron chi connectivity index (χ4n) is 4.70. The van der Waals surface area contributed by atoms with Crippen LogP contribution >= 0.6 is 0 Å². The average Bonchev–Trinajstić information content (AvgIpc) is 3.58. The van der Waals surface area contributed by atoms with Gasteiger partial charge in [-0.05, 0) is 30.5 Å². The van der Waals surface area contributed by atoms with E-state index in [1.54, 1.807) is 7.11 Å². The van der Waals surface area contributed by atoms with Crippen molar-refractivity contribution >= 4 is 22.6 Å². The van der Waals surface area contributed by atoms with Gasteiger partial charge in [-0.15, -0.1) is 0 Å². The Balaban J connectivity index is 1.34. The first-order valence-electron chi connectivity index (χ1n) is 11.4. The fourth-order valence-corrected chi connectivity index (χ4v) is 4.70. The summed E-state index contributed by atoms with van der Waals surface area (Å²) >= 11 is 0. The number of hydrogen-bond acceptors (Lipinski definition) is 4. The van der Waals surface area contributed by atoms with Crippen LogP contribution in [0.25, 0.3) is 10.9 Å². The smallest absolute Gasteiger partial charge is 0.319 e. The number of rotatable bonds is 7. The topological polar surface area (TPSA) is 66.5 Å². The van der Waals surface area contributed by atoms with Gasteiger partial charge in [-0.1, -0.05) is 48.5 Å². The summed E-state index contributed by atoms with van der Waals surface area (Å²) in [5, 5.41) is 7.42. The van der Waals surface area contributed by atoms with E-state index in [2.05, 4.69) is 45.9 Å². The Labute approximate surface area is 189 Å². The Morgan fingerprint density at radius 2 is 1.88 bits per heavy atom. The zero-order valence-electron chi connectivity index (χ0n) is 18.5. The maximum absolute atomic E-state index is 13.1. The number of benzene rings is 2. The van der Waals surface area contributed by atoms with E-state index in [-0.39, 0.29) is 18.0 Å². The zero-order valence-corrected chi connectivity index (χ0v) is 18.5. The first-order chi connectivity index (χ1) is 15.7. The number of para-hydroxylation sites is 1. The quantitative estimate of drug-likeness (QED) is 0.585. The Bertz CT molecular complexity index is 1080. The highest BCUT2D eigenvalue weighted by Gasteiger charge is 2.35. The molecule has 5 rings (SSSR count). The summed E-state index contributed by atoms with van der Waals surface area (Å²) in [6.45, 7) is 3.26. The first kappa shape index (κ1) is 20.9. The molecule has 2 fully saturated rings. The van der Waals surface area contributed by atoms with E-state index >= 15 is 0 Å². The molecule has 2 N–H and O–H groups in total. The number of carbonyl (C=O) groups excluding carboxylic acids is 1. The van der Waals surface area contributed by atoms with Gasteiger partial charge in [0.05, 0.1) is 29.5 Å². The molecule has 0 unspecified atom stereocenters. The van der Waals surface area contributed by atoms with Crippen molar-refractivity contribution in [1.82, 2.24) is 15.2 Å². The minimum absolute atomic E-state index is 0.0343.